The average molecular weight is 253 g/mol. The SMILES string of the molecule is CCn1ccnc1SC(C)C(=O)N1CCCC1. The number of rotatable bonds is 4. The number of hydrogen-bond acceptors (Lipinski definition) is 3. The van der Waals surface area contributed by atoms with E-state index in [9.17, 15) is 4.79 Å². The smallest absolute Gasteiger partial charge is 0.235 e. The highest BCUT2D eigenvalue weighted by Gasteiger charge is 2.24. The van der Waals surface area contributed by atoms with Crippen molar-refractivity contribution in [1.82, 2.24) is 14.5 Å². The molecule has 2 rings (SSSR count). The van der Waals surface area contributed by atoms with Crippen molar-refractivity contribution >= 4 is 17.7 Å². The highest BCUT2D eigenvalue weighted by molar-refractivity contribution is 8.00. The Hall–Kier alpha value is -0.970. The number of thioether (sulfide) groups is 1. The number of carbonyl (C=O) groups excluding carboxylic acids is 1. The van der Waals surface area contributed by atoms with Crippen LogP contribution in [0.2, 0.25) is 0 Å². The van der Waals surface area contributed by atoms with E-state index in [0.717, 1.165) is 37.6 Å². The number of aryl methyl sites for hydroxylation is 1. The molecule has 1 aromatic heterocycles. The van der Waals surface area contributed by atoms with Crippen LogP contribution < -0.4 is 0 Å². The highest BCUT2D eigenvalue weighted by atomic mass is 32.2. The maximum Gasteiger partial charge on any atom is 0.235 e. The molecule has 0 saturated carbocycles. The zero-order chi connectivity index (χ0) is 12.3. The summed E-state index contributed by atoms with van der Waals surface area (Å²) in [7, 11) is 0. The van der Waals surface area contributed by atoms with Crippen molar-refractivity contribution in [2.24, 2.45) is 0 Å². The number of aromatic nitrogens is 2. The Bertz CT molecular complexity index is 385. The number of likely N-dealkylation sites (tertiary alicyclic amines) is 1. The van der Waals surface area contributed by atoms with Gasteiger partial charge in [-0.1, -0.05) is 11.8 Å². The lowest BCUT2D eigenvalue weighted by Gasteiger charge is -2.19. The van der Waals surface area contributed by atoms with Crippen molar-refractivity contribution < 1.29 is 4.79 Å². The molecule has 2 heterocycles. The minimum atomic E-state index is -0.0409. The number of amides is 1. The molecular formula is C12H19N3OS. The van der Waals surface area contributed by atoms with E-state index < -0.39 is 0 Å². The predicted molar refractivity (Wildman–Crippen MR) is 69.0 cm³/mol. The van der Waals surface area contributed by atoms with Crippen LogP contribution in [0.3, 0.4) is 0 Å². The fourth-order valence-corrected chi connectivity index (χ4v) is 3.07. The van der Waals surface area contributed by atoms with E-state index >= 15 is 0 Å². The summed E-state index contributed by atoms with van der Waals surface area (Å²) in [5.41, 5.74) is 0. The lowest BCUT2D eigenvalue weighted by atomic mass is 10.4. The molecule has 1 aliphatic heterocycles. The fourth-order valence-electron chi connectivity index (χ4n) is 2.06. The van der Waals surface area contributed by atoms with Crippen molar-refractivity contribution in [2.45, 2.75) is 43.6 Å². The molecule has 4 nitrogen and oxygen atoms in total. The molecular weight excluding hydrogens is 234 g/mol. The molecule has 0 bridgehead atoms. The third-order valence-electron chi connectivity index (χ3n) is 3.07. The number of imidazole rings is 1. The van der Waals surface area contributed by atoms with E-state index in [4.69, 9.17) is 0 Å². The number of hydrogen-bond donors (Lipinski definition) is 0. The van der Waals surface area contributed by atoms with Gasteiger partial charge in [-0.2, -0.15) is 0 Å². The van der Waals surface area contributed by atoms with Crippen LogP contribution in [0.5, 0.6) is 0 Å². The highest BCUT2D eigenvalue weighted by Crippen LogP contribution is 2.24. The lowest BCUT2D eigenvalue weighted by Crippen LogP contribution is -2.34. The first-order valence-electron chi connectivity index (χ1n) is 6.19. The number of nitrogens with zero attached hydrogens (tertiary/aromatic N) is 3. The van der Waals surface area contributed by atoms with Gasteiger partial charge in [-0.15, -0.1) is 0 Å². The van der Waals surface area contributed by atoms with Crippen molar-refractivity contribution in [3.63, 3.8) is 0 Å². The molecule has 1 aromatic rings. The second kappa shape index (κ2) is 5.58. The number of carbonyl (C=O) groups is 1. The van der Waals surface area contributed by atoms with Crippen LogP contribution in [-0.2, 0) is 11.3 Å². The first-order valence-corrected chi connectivity index (χ1v) is 7.07. The monoisotopic (exact) mass is 253 g/mol. The Morgan fingerprint density at radius 1 is 1.53 bits per heavy atom. The minimum absolute atomic E-state index is 0.0409. The standard InChI is InChI=1S/C12H19N3OS/c1-3-14-9-6-13-12(14)17-10(2)11(16)15-7-4-5-8-15/h6,9-10H,3-5,7-8H2,1-2H3. The molecule has 0 spiro atoms. The van der Waals surface area contributed by atoms with Gasteiger partial charge in [0.05, 0.1) is 5.25 Å². The van der Waals surface area contributed by atoms with Crippen molar-refractivity contribution in [2.75, 3.05) is 13.1 Å². The quantitative estimate of drug-likeness (QED) is 0.770. The molecule has 17 heavy (non-hydrogen) atoms. The first-order chi connectivity index (χ1) is 8.22. The summed E-state index contributed by atoms with van der Waals surface area (Å²) in [5.74, 6) is 0.248. The van der Waals surface area contributed by atoms with Gasteiger partial charge in [-0.05, 0) is 26.7 Å². The largest absolute Gasteiger partial charge is 0.342 e. The zero-order valence-electron chi connectivity index (χ0n) is 10.4. The molecule has 0 aromatic carbocycles. The average Bonchev–Trinajstić information content (AvgIpc) is 2.98. The summed E-state index contributed by atoms with van der Waals surface area (Å²) in [6.45, 7) is 6.80. The van der Waals surface area contributed by atoms with Crippen LogP contribution in [0, 0.1) is 0 Å². The van der Waals surface area contributed by atoms with Crippen LogP contribution in [0.25, 0.3) is 0 Å². The Balaban J connectivity index is 1.96. The molecule has 0 N–H and O–H groups in total. The third-order valence-corrected chi connectivity index (χ3v) is 4.17. The molecule has 1 unspecified atom stereocenters. The van der Waals surface area contributed by atoms with E-state index in [0.29, 0.717) is 0 Å². The van der Waals surface area contributed by atoms with Crippen LogP contribution in [0.4, 0.5) is 0 Å². The van der Waals surface area contributed by atoms with E-state index in [2.05, 4.69) is 16.5 Å². The molecule has 5 heteroatoms. The predicted octanol–water partition coefficient (Wildman–Crippen LogP) is 2.01. The summed E-state index contributed by atoms with van der Waals surface area (Å²) in [6.07, 6.45) is 6.04. The van der Waals surface area contributed by atoms with Crippen molar-refractivity contribution in [3.8, 4) is 0 Å². The summed E-state index contributed by atoms with van der Waals surface area (Å²) in [5, 5.41) is 0.897. The van der Waals surface area contributed by atoms with Gasteiger partial charge in [0.1, 0.15) is 0 Å². The van der Waals surface area contributed by atoms with Crippen LogP contribution in [0.1, 0.15) is 26.7 Å². The van der Waals surface area contributed by atoms with E-state index in [-0.39, 0.29) is 11.2 Å². The minimum Gasteiger partial charge on any atom is -0.342 e. The molecule has 0 radical (unpaired) electrons. The van der Waals surface area contributed by atoms with Gasteiger partial charge < -0.3 is 9.47 Å². The zero-order valence-corrected chi connectivity index (χ0v) is 11.2. The van der Waals surface area contributed by atoms with Gasteiger partial charge in [0.2, 0.25) is 5.91 Å². The van der Waals surface area contributed by atoms with Gasteiger partial charge in [-0.3, -0.25) is 4.79 Å². The summed E-state index contributed by atoms with van der Waals surface area (Å²) < 4.78 is 2.07. The lowest BCUT2D eigenvalue weighted by molar-refractivity contribution is -0.129. The van der Waals surface area contributed by atoms with E-state index in [1.165, 1.54) is 0 Å². The van der Waals surface area contributed by atoms with Crippen molar-refractivity contribution in [3.05, 3.63) is 12.4 Å². The Kier molecular flexibility index (Phi) is 4.10. The summed E-state index contributed by atoms with van der Waals surface area (Å²) in [6, 6.07) is 0. The molecule has 94 valence electrons. The fraction of sp³-hybridized carbons (Fsp3) is 0.667. The van der Waals surface area contributed by atoms with Crippen LogP contribution >= 0.6 is 11.8 Å². The normalized spacial score (nSPS) is 17.4. The Morgan fingerprint density at radius 3 is 2.88 bits per heavy atom. The molecule has 1 saturated heterocycles. The molecule has 1 amide bonds. The molecule has 1 aliphatic rings. The van der Waals surface area contributed by atoms with Gasteiger partial charge in [0.15, 0.2) is 5.16 Å². The van der Waals surface area contributed by atoms with Crippen LogP contribution in [0.15, 0.2) is 17.6 Å². The Morgan fingerprint density at radius 2 is 2.24 bits per heavy atom. The van der Waals surface area contributed by atoms with E-state index in [1.54, 1.807) is 18.0 Å². The van der Waals surface area contributed by atoms with Gasteiger partial charge in [0, 0.05) is 32.0 Å². The van der Waals surface area contributed by atoms with Gasteiger partial charge in [0.25, 0.3) is 0 Å². The molecule has 1 fully saturated rings. The maximum absolute atomic E-state index is 12.1. The van der Waals surface area contributed by atoms with Crippen LogP contribution in [-0.4, -0.2) is 38.7 Å². The maximum atomic E-state index is 12.1. The van der Waals surface area contributed by atoms with Crippen molar-refractivity contribution in [1.29, 1.82) is 0 Å². The second-order valence-corrected chi connectivity index (χ2v) is 5.60. The molecule has 0 aliphatic carbocycles. The second-order valence-electron chi connectivity index (χ2n) is 4.29. The third kappa shape index (κ3) is 2.83. The summed E-state index contributed by atoms with van der Waals surface area (Å²) in [4.78, 5) is 18.4. The van der Waals surface area contributed by atoms with E-state index in [1.807, 2.05) is 18.0 Å². The Labute approximate surface area is 106 Å². The van der Waals surface area contributed by atoms with Gasteiger partial charge >= 0.3 is 0 Å². The van der Waals surface area contributed by atoms with Gasteiger partial charge in [-0.25, -0.2) is 4.98 Å². The first kappa shape index (κ1) is 12.5. The molecule has 1 atom stereocenters. The topological polar surface area (TPSA) is 38.1 Å². The summed E-state index contributed by atoms with van der Waals surface area (Å²) >= 11 is 1.56.